The molecule has 1 heterocycles. The van der Waals surface area contributed by atoms with E-state index < -0.39 is 0 Å². The number of hydrogen-bond donors (Lipinski definition) is 1. The van der Waals surface area contributed by atoms with Gasteiger partial charge in [0.05, 0.1) is 23.4 Å². The van der Waals surface area contributed by atoms with Crippen LogP contribution in [0.2, 0.25) is 0 Å². The van der Waals surface area contributed by atoms with Crippen molar-refractivity contribution in [2.45, 2.75) is 33.7 Å². The van der Waals surface area contributed by atoms with E-state index in [0.717, 1.165) is 17.3 Å². The summed E-state index contributed by atoms with van der Waals surface area (Å²) in [6, 6.07) is 0.165. The molecule has 0 aromatic carbocycles. The molecule has 1 aromatic rings. The summed E-state index contributed by atoms with van der Waals surface area (Å²) in [4.78, 5) is 9.72. The van der Waals surface area contributed by atoms with Gasteiger partial charge in [0.25, 0.3) is 0 Å². The predicted molar refractivity (Wildman–Crippen MR) is 59.2 cm³/mol. The van der Waals surface area contributed by atoms with Crippen LogP contribution in [0.25, 0.3) is 0 Å². The van der Waals surface area contributed by atoms with E-state index in [0.29, 0.717) is 5.92 Å². The Morgan fingerprint density at radius 3 is 2.71 bits per heavy atom. The maximum absolute atomic E-state index is 5.34. The van der Waals surface area contributed by atoms with Gasteiger partial charge in [-0.2, -0.15) is 5.48 Å². The third kappa shape index (κ3) is 3.74. The Balaban J connectivity index is 2.32. The highest BCUT2D eigenvalue weighted by Gasteiger charge is 2.08. The van der Waals surface area contributed by atoms with Crippen molar-refractivity contribution < 1.29 is 4.84 Å². The smallest absolute Gasteiger partial charge is 0.0898 e. The fourth-order valence-corrected chi connectivity index (χ4v) is 1.69. The molecule has 1 unspecified atom stereocenters. The van der Waals surface area contributed by atoms with Crippen molar-refractivity contribution in [1.82, 2.24) is 10.5 Å². The molecule has 80 valence electrons. The molecule has 0 amide bonds. The average Bonchev–Trinajstić information content (AvgIpc) is 2.51. The first-order valence-electron chi connectivity index (χ1n) is 4.89. The number of aryl methyl sites for hydroxylation is 1. The highest BCUT2D eigenvalue weighted by molar-refractivity contribution is 7.09. The number of aromatic nitrogens is 1. The van der Waals surface area contributed by atoms with Gasteiger partial charge in [-0.1, -0.05) is 13.8 Å². The van der Waals surface area contributed by atoms with Gasteiger partial charge in [-0.25, -0.2) is 4.98 Å². The van der Waals surface area contributed by atoms with Crippen LogP contribution in [0, 0.1) is 12.8 Å². The summed E-state index contributed by atoms with van der Waals surface area (Å²) in [6.45, 7) is 9.04. The van der Waals surface area contributed by atoms with Gasteiger partial charge < -0.3 is 4.84 Å². The summed E-state index contributed by atoms with van der Waals surface area (Å²) in [5.74, 6) is 0.548. The van der Waals surface area contributed by atoms with Crippen LogP contribution in [0.15, 0.2) is 5.38 Å². The fourth-order valence-electron chi connectivity index (χ4n) is 0.979. The topological polar surface area (TPSA) is 34.2 Å². The Morgan fingerprint density at radius 2 is 2.21 bits per heavy atom. The molecule has 1 aromatic heterocycles. The molecular weight excluding hydrogens is 196 g/mol. The van der Waals surface area contributed by atoms with Gasteiger partial charge in [-0.05, 0) is 19.8 Å². The molecule has 1 N–H and O–H groups in total. The van der Waals surface area contributed by atoms with E-state index in [-0.39, 0.29) is 6.04 Å². The van der Waals surface area contributed by atoms with Gasteiger partial charge in [0.2, 0.25) is 0 Å². The van der Waals surface area contributed by atoms with Gasteiger partial charge >= 0.3 is 0 Å². The lowest BCUT2D eigenvalue weighted by Crippen LogP contribution is -2.21. The van der Waals surface area contributed by atoms with Crippen molar-refractivity contribution in [3.63, 3.8) is 0 Å². The zero-order chi connectivity index (χ0) is 10.6. The molecule has 0 aliphatic rings. The lowest BCUT2D eigenvalue weighted by atomic mass is 10.2. The van der Waals surface area contributed by atoms with E-state index in [1.54, 1.807) is 11.3 Å². The minimum atomic E-state index is 0.165. The normalized spacial score (nSPS) is 13.5. The zero-order valence-corrected chi connectivity index (χ0v) is 10.0. The lowest BCUT2D eigenvalue weighted by Gasteiger charge is -2.12. The highest BCUT2D eigenvalue weighted by Crippen LogP contribution is 2.15. The molecule has 0 radical (unpaired) electrons. The third-order valence-electron chi connectivity index (χ3n) is 1.76. The Hall–Kier alpha value is -0.450. The van der Waals surface area contributed by atoms with Crippen LogP contribution in [0.5, 0.6) is 0 Å². The van der Waals surface area contributed by atoms with Crippen molar-refractivity contribution in [3.05, 3.63) is 16.1 Å². The first kappa shape index (κ1) is 11.6. The van der Waals surface area contributed by atoms with E-state index in [1.807, 2.05) is 6.92 Å². The number of hydrogen-bond acceptors (Lipinski definition) is 4. The Labute approximate surface area is 89.5 Å². The van der Waals surface area contributed by atoms with Crippen LogP contribution >= 0.6 is 11.3 Å². The largest absolute Gasteiger partial charge is 0.301 e. The maximum Gasteiger partial charge on any atom is 0.0898 e. The molecule has 0 spiro atoms. The Morgan fingerprint density at radius 1 is 1.50 bits per heavy atom. The molecular formula is C10H18N2OS. The minimum absolute atomic E-state index is 0.165. The monoisotopic (exact) mass is 214 g/mol. The lowest BCUT2D eigenvalue weighted by molar-refractivity contribution is 0.00338. The molecule has 0 fully saturated rings. The second-order valence-electron chi connectivity index (χ2n) is 3.84. The Kier molecular flexibility index (Phi) is 4.51. The van der Waals surface area contributed by atoms with Gasteiger partial charge in [0.15, 0.2) is 0 Å². The maximum atomic E-state index is 5.34. The molecule has 0 saturated carbocycles. The number of hydroxylamine groups is 1. The van der Waals surface area contributed by atoms with Gasteiger partial charge in [0.1, 0.15) is 0 Å². The molecule has 0 aliphatic heterocycles. The van der Waals surface area contributed by atoms with Crippen LogP contribution in [0.1, 0.15) is 37.5 Å². The summed E-state index contributed by atoms with van der Waals surface area (Å²) < 4.78 is 0. The van der Waals surface area contributed by atoms with Crippen LogP contribution in [-0.4, -0.2) is 11.6 Å². The van der Waals surface area contributed by atoms with Crippen LogP contribution in [-0.2, 0) is 4.84 Å². The molecule has 0 bridgehead atoms. The quantitative estimate of drug-likeness (QED) is 0.765. The first-order valence-corrected chi connectivity index (χ1v) is 5.77. The van der Waals surface area contributed by atoms with Crippen molar-refractivity contribution in [2.75, 3.05) is 6.61 Å². The van der Waals surface area contributed by atoms with Crippen LogP contribution in [0.4, 0.5) is 0 Å². The molecule has 0 aliphatic carbocycles. The SMILES string of the molecule is Cc1nc(C(C)NOCC(C)C)cs1. The highest BCUT2D eigenvalue weighted by atomic mass is 32.1. The summed E-state index contributed by atoms with van der Waals surface area (Å²) in [6.07, 6.45) is 0. The van der Waals surface area contributed by atoms with E-state index in [9.17, 15) is 0 Å². The van der Waals surface area contributed by atoms with Crippen LogP contribution < -0.4 is 5.48 Å². The van der Waals surface area contributed by atoms with Gasteiger partial charge in [0, 0.05) is 5.38 Å². The fraction of sp³-hybridized carbons (Fsp3) is 0.700. The number of nitrogens with zero attached hydrogens (tertiary/aromatic N) is 1. The van der Waals surface area contributed by atoms with E-state index >= 15 is 0 Å². The zero-order valence-electron chi connectivity index (χ0n) is 9.20. The van der Waals surface area contributed by atoms with Crippen molar-refractivity contribution >= 4 is 11.3 Å². The van der Waals surface area contributed by atoms with E-state index in [1.165, 1.54) is 0 Å². The van der Waals surface area contributed by atoms with Crippen molar-refractivity contribution in [2.24, 2.45) is 5.92 Å². The van der Waals surface area contributed by atoms with Crippen molar-refractivity contribution in [1.29, 1.82) is 0 Å². The van der Waals surface area contributed by atoms with E-state index in [2.05, 4.69) is 36.6 Å². The van der Waals surface area contributed by atoms with Crippen molar-refractivity contribution in [3.8, 4) is 0 Å². The molecule has 14 heavy (non-hydrogen) atoms. The first-order chi connectivity index (χ1) is 6.59. The molecule has 0 saturated heterocycles. The van der Waals surface area contributed by atoms with E-state index in [4.69, 9.17) is 4.84 Å². The predicted octanol–water partition coefficient (Wildman–Crippen LogP) is 2.69. The molecule has 1 rings (SSSR count). The number of nitrogens with one attached hydrogen (secondary N) is 1. The summed E-state index contributed by atoms with van der Waals surface area (Å²) in [5, 5.41) is 3.16. The molecule has 3 nitrogen and oxygen atoms in total. The average molecular weight is 214 g/mol. The van der Waals surface area contributed by atoms with Gasteiger partial charge in [-0.15, -0.1) is 11.3 Å². The minimum Gasteiger partial charge on any atom is -0.301 e. The van der Waals surface area contributed by atoms with Gasteiger partial charge in [-0.3, -0.25) is 0 Å². The van der Waals surface area contributed by atoms with Crippen LogP contribution in [0.3, 0.4) is 0 Å². The second-order valence-corrected chi connectivity index (χ2v) is 4.90. The third-order valence-corrected chi connectivity index (χ3v) is 2.55. The second kappa shape index (κ2) is 5.44. The molecule has 1 atom stereocenters. The Bertz CT molecular complexity index is 273. The molecule has 4 heteroatoms. The number of rotatable bonds is 5. The summed E-state index contributed by atoms with van der Waals surface area (Å²) >= 11 is 1.67. The summed E-state index contributed by atoms with van der Waals surface area (Å²) in [5.41, 5.74) is 4.04. The summed E-state index contributed by atoms with van der Waals surface area (Å²) in [7, 11) is 0. The standard InChI is InChI=1S/C10H18N2OS/c1-7(2)5-13-12-8(3)10-6-14-9(4)11-10/h6-8,12H,5H2,1-4H3. The number of thiazole rings is 1.